The Morgan fingerprint density at radius 2 is 1.84 bits per heavy atom. The second-order valence-corrected chi connectivity index (χ2v) is 5.32. The summed E-state index contributed by atoms with van der Waals surface area (Å²) in [6.07, 6.45) is 0. The molecule has 0 unspecified atom stereocenters. The van der Waals surface area contributed by atoms with Gasteiger partial charge in [-0.25, -0.2) is 4.39 Å². The van der Waals surface area contributed by atoms with E-state index in [9.17, 15) is 9.18 Å². The molecule has 1 aromatic heterocycles. The van der Waals surface area contributed by atoms with Gasteiger partial charge in [0, 0.05) is 17.9 Å². The van der Waals surface area contributed by atoms with Crippen LogP contribution in [0.15, 0.2) is 66.7 Å². The summed E-state index contributed by atoms with van der Waals surface area (Å²) in [6.45, 7) is 2.73. The summed E-state index contributed by atoms with van der Waals surface area (Å²) in [5.74, 6) is -0.205. The van der Waals surface area contributed by atoms with Gasteiger partial charge in [-0.15, -0.1) is 10.2 Å². The minimum atomic E-state index is -0.438. The van der Waals surface area contributed by atoms with Crippen molar-refractivity contribution in [3.8, 4) is 0 Å². The van der Waals surface area contributed by atoms with Crippen LogP contribution in [-0.2, 0) is 0 Å². The number of benzene rings is 2. The topological polar surface area (TPSA) is 58.1 Å². The highest BCUT2D eigenvalue weighted by Crippen LogP contribution is 2.22. The number of halogens is 1. The van der Waals surface area contributed by atoms with E-state index in [4.69, 9.17) is 0 Å². The highest BCUT2D eigenvalue weighted by atomic mass is 19.1. The molecule has 6 heteroatoms. The molecule has 0 radical (unpaired) electrons. The molecule has 0 bridgehead atoms. The van der Waals surface area contributed by atoms with Crippen LogP contribution in [0.2, 0.25) is 0 Å². The standard InChI is InChI=1S/C19H17FN4O/c1-2-24(16-9-4-3-5-10-16)18-12-11-17(22-23-18)19(25)21-15-8-6-7-14(20)13-15/h3-13H,2H2,1H3,(H,21,25). The first-order chi connectivity index (χ1) is 12.2. The van der Waals surface area contributed by atoms with E-state index in [2.05, 4.69) is 15.5 Å². The molecule has 0 aliphatic heterocycles. The van der Waals surface area contributed by atoms with Crippen LogP contribution in [-0.4, -0.2) is 22.6 Å². The molecule has 0 atom stereocenters. The largest absolute Gasteiger partial charge is 0.325 e. The smallest absolute Gasteiger partial charge is 0.276 e. The number of anilines is 3. The minimum absolute atomic E-state index is 0.164. The van der Waals surface area contributed by atoms with Crippen LogP contribution in [0.3, 0.4) is 0 Å². The monoisotopic (exact) mass is 336 g/mol. The van der Waals surface area contributed by atoms with Crippen LogP contribution in [0.5, 0.6) is 0 Å². The van der Waals surface area contributed by atoms with E-state index in [0.29, 0.717) is 18.1 Å². The fourth-order valence-electron chi connectivity index (χ4n) is 2.44. The van der Waals surface area contributed by atoms with Crippen molar-refractivity contribution >= 4 is 23.1 Å². The number of carbonyl (C=O) groups is 1. The minimum Gasteiger partial charge on any atom is -0.325 e. The van der Waals surface area contributed by atoms with Gasteiger partial charge in [0.2, 0.25) is 0 Å². The normalized spacial score (nSPS) is 10.3. The number of hydrogen-bond acceptors (Lipinski definition) is 4. The van der Waals surface area contributed by atoms with Gasteiger partial charge in [0.25, 0.3) is 5.91 Å². The summed E-state index contributed by atoms with van der Waals surface area (Å²) in [5.41, 5.74) is 1.53. The first-order valence-electron chi connectivity index (χ1n) is 7.90. The number of nitrogens with one attached hydrogen (secondary N) is 1. The van der Waals surface area contributed by atoms with E-state index in [1.807, 2.05) is 42.2 Å². The first-order valence-corrected chi connectivity index (χ1v) is 7.90. The van der Waals surface area contributed by atoms with Gasteiger partial charge in [-0.3, -0.25) is 4.79 Å². The van der Waals surface area contributed by atoms with Gasteiger partial charge in [-0.2, -0.15) is 0 Å². The molecule has 0 aliphatic rings. The van der Waals surface area contributed by atoms with Crippen LogP contribution in [0.25, 0.3) is 0 Å². The molecule has 0 fully saturated rings. The molecule has 126 valence electrons. The third kappa shape index (κ3) is 3.98. The van der Waals surface area contributed by atoms with Crippen molar-refractivity contribution in [2.24, 2.45) is 0 Å². The zero-order valence-corrected chi connectivity index (χ0v) is 13.7. The lowest BCUT2D eigenvalue weighted by Gasteiger charge is -2.21. The van der Waals surface area contributed by atoms with Gasteiger partial charge in [-0.05, 0) is 49.4 Å². The van der Waals surface area contributed by atoms with E-state index in [-0.39, 0.29) is 5.69 Å². The van der Waals surface area contributed by atoms with Crippen LogP contribution >= 0.6 is 0 Å². The summed E-state index contributed by atoms with van der Waals surface area (Å²) < 4.78 is 13.2. The van der Waals surface area contributed by atoms with Gasteiger partial charge in [0.15, 0.2) is 11.5 Å². The van der Waals surface area contributed by atoms with Crippen LogP contribution < -0.4 is 10.2 Å². The molecule has 25 heavy (non-hydrogen) atoms. The van der Waals surface area contributed by atoms with Crippen LogP contribution in [0.1, 0.15) is 17.4 Å². The van der Waals surface area contributed by atoms with Gasteiger partial charge < -0.3 is 10.2 Å². The SMILES string of the molecule is CCN(c1ccccc1)c1ccc(C(=O)Nc2cccc(F)c2)nn1. The van der Waals surface area contributed by atoms with Crippen molar-refractivity contribution in [2.75, 3.05) is 16.8 Å². The van der Waals surface area contributed by atoms with Crippen molar-refractivity contribution in [1.82, 2.24) is 10.2 Å². The molecule has 1 heterocycles. The van der Waals surface area contributed by atoms with E-state index in [1.54, 1.807) is 18.2 Å². The molecular weight excluding hydrogens is 319 g/mol. The van der Waals surface area contributed by atoms with Crippen molar-refractivity contribution < 1.29 is 9.18 Å². The molecule has 0 saturated carbocycles. The second-order valence-electron chi connectivity index (χ2n) is 5.32. The fraction of sp³-hybridized carbons (Fsp3) is 0.105. The Bertz CT molecular complexity index is 853. The van der Waals surface area contributed by atoms with Gasteiger partial charge in [0.1, 0.15) is 5.82 Å². The lowest BCUT2D eigenvalue weighted by Crippen LogP contribution is -2.19. The van der Waals surface area contributed by atoms with Crippen molar-refractivity contribution in [1.29, 1.82) is 0 Å². The maximum atomic E-state index is 13.2. The molecule has 1 N–H and O–H groups in total. The van der Waals surface area contributed by atoms with E-state index >= 15 is 0 Å². The predicted octanol–water partition coefficient (Wildman–Crippen LogP) is 4.03. The number of carbonyl (C=O) groups excluding carboxylic acids is 1. The first kappa shape index (κ1) is 16.6. The Kier molecular flexibility index (Phi) is 4.99. The van der Waals surface area contributed by atoms with Gasteiger partial charge >= 0.3 is 0 Å². The number of nitrogens with zero attached hydrogens (tertiary/aromatic N) is 3. The van der Waals surface area contributed by atoms with E-state index < -0.39 is 11.7 Å². The van der Waals surface area contributed by atoms with Gasteiger partial charge in [-0.1, -0.05) is 24.3 Å². The molecule has 3 rings (SSSR count). The zero-order valence-electron chi connectivity index (χ0n) is 13.7. The molecule has 2 aromatic carbocycles. The molecule has 1 amide bonds. The molecule has 0 spiro atoms. The number of aromatic nitrogens is 2. The summed E-state index contributed by atoms with van der Waals surface area (Å²) in [5, 5.41) is 10.7. The molecule has 5 nitrogen and oxygen atoms in total. The number of rotatable bonds is 5. The average molecular weight is 336 g/mol. The Labute approximate surface area is 145 Å². The Morgan fingerprint density at radius 3 is 2.48 bits per heavy atom. The van der Waals surface area contributed by atoms with E-state index in [1.165, 1.54) is 18.2 Å². The van der Waals surface area contributed by atoms with Crippen molar-refractivity contribution in [2.45, 2.75) is 6.92 Å². The quantitative estimate of drug-likeness (QED) is 0.764. The summed E-state index contributed by atoms with van der Waals surface area (Å²) in [4.78, 5) is 14.2. The van der Waals surface area contributed by atoms with Crippen LogP contribution in [0, 0.1) is 5.82 Å². The summed E-state index contributed by atoms with van der Waals surface area (Å²) >= 11 is 0. The molecule has 3 aromatic rings. The summed E-state index contributed by atoms with van der Waals surface area (Å²) in [6, 6.07) is 18.8. The van der Waals surface area contributed by atoms with Crippen molar-refractivity contribution in [3.63, 3.8) is 0 Å². The van der Waals surface area contributed by atoms with Crippen LogP contribution in [0.4, 0.5) is 21.6 Å². The zero-order chi connectivity index (χ0) is 17.6. The predicted molar refractivity (Wildman–Crippen MR) is 95.5 cm³/mol. The number of para-hydroxylation sites is 1. The Hall–Kier alpha value is -3.28. The Morgan fingerprint density at radius 1 is 1.04 bits per heavy atom. The lowest BCUT2D eigenvalue weighted by molar-refractivity contribution is 0.102. The average Bonchev–Trinajstić information content (AvgIpc) is 2.64. The number of hydrogen-bond donors (Lipinski definition) is 1. The van der Waals surface area contributed by atoms with E-state index in [0.717, 1.165) is 5.69 Å². The van der Waals surface area contributed by atoms with Gasteiger partial charge in [0.05, 0.1) is 0 Å². The summed E-state index contributed by atoms with van der Waals surface area (Å²) in [7, 11) is 0. The molecular formula is C19H17FN4O. The number of amides is 1. The molecule has 0 aliphatic carbocycles. The maximum absolute atomic E-state index is 13.2. The fourth-order valence-corrected chi connectivity index (χ4v) is 2.44. The maximum Gasteiger partial charge on any atom is 0.276 e. The van der Waals surface area contributed by atoms with Crippen molar-refractivity contribution in [3.05, 3.63) is 78.2 Å². The third-order valence-electron chi connectivity index (χ3n) is 3.63. The lowest BCUT2D eigenvalue weighted by atomic mass is 10.2. The molecule has 0 saturated heterocycles. The Balaban J connectivity index is 1.76. The highest BCUT2D eigenvalue weighted by molar-refractivity contribution is 6.02. The third-order valence-corrected chi connectivity index (χ3v) is 3.63. The highest BCUT2D eigenvalue weighted by Gasteiger charge is 2.12. The second kappa shape index (κ2) is 7.53.